The fourth-order valence-electron chi connectivity index (χ4n) is 14.6. The van der Waals surface area contributed by atoms with Crippen LogP contribution in [0, 0.1) is 22.5 Å². The Bertz CT molecular complexity index is 4470. The lowest BCUT2D eigenvalue weighted by molar-refractivity contribution is 0.248. The van der Waals surface area contributed by atoms with Crippen LogP contribution in [-0.4, -0.2) is 23.4 Å². The molecule has 0 heterocycles. The molecule has 0 aromatic heterocycles. The quantitative estimate of drug-likeness (QED) is 0.0705. The number of rotatable bonds is 17. The topological polar surface area (TPSA) is 58.9 Å². The summed E-state index contributed by atoms with van der Waals surface area (Å²) in [7, 11) is 0. The van der Waals surface area contributed by atoms with Crippen LogP contribution >= 0.6 is 0 Å². The molecule has 0 aliphatic rings. The molecule has 0 aliphatic carbocycles. The first-order chi connectivity index (χ1) is 43.3. The first-order valence-electron chi connectivity index (χ1n) is 33.9. The van der Waals surface area contributed by atoms with Crippen molar-refractivity contribution in [3.63, 3.8) is 0 Å². The Hall–Kier alpha value is -7.70. The lowest BCUT2D eigenvalue weighted by Crippen LogP contribution is -2.25. The number of hydrogen-bond acceptors (Lipinski definition) is 4. The summed E-state index contributed by atoms with van der Waals surface area (Å²) in [5.41, 5.74) is 10.8. The predicted octanol–water partition coefficient (Wildman–Crippen LogP) is 25.2. The number of aryl methyl sites for hydroxylation is 1. The van der Waals surface area contributed by atoms with Gasteiger partial charge in [0.25, 0.3) is 0 Å². The maximum absolute atomic E-state index is 16.0. The van der Waals surface area contributed by atoms with E-state index in [0.717, 1.165) is 97.4 Å². The minimum Gasteiger partial charge on any atom is -0.507 e. The molecule has 0 saturated carbocycles. The third-order valence-corrected chi connectivity index (χ3v) is 18.9. The third kappa shape index (κ3) is 14.8. The van der Waals surface area contributed by atoms with Crippen LogP contribution in [0.2, 0.25) is 0 Å². The summed E-state index contributed by atoms with van der Waals surface area (Å²) in [6.45, 7) is 45.2. The second-order valence-electron chi connectivity index (χ2n) is 33.6. The minimum absolute atomic E-state index is 0.0355. The first kappa shape index (κ1) is 68.2. The van der Waals surface area contributed by atoms with Crippen molar-refractivity contribution in [2.45, 2.75) is 204 Å². The van der Waals surface area contributed by atoms with E-state index in [9.17, 15) is 10.2 Å². The van der Waals surface area contributed by atoms with Crippen molar-refractivity contribution in [3.05, 3.63) is 191 Å². The second-order valence-corrected chi connectivity index (χ2v) is 33.6. The van der Waals surface area contributed by atoms with Gasteiger partial charge in [-0.25, -0.2) is 8.78 Å². The molecule has 0 aliphatic heterocycles. The highest BCUT2D eigenvalue weighted by Gasteiger charge is 2.34. The molecular weight excluding hydrogens is 1150 g/mol. The lowest BCUT2D eigenvalue weighted by atomic mass is 9.71. The maximum Gasteiger partial charge on any atom is 0.131 e. The molecule has 0 radical (unpaired) electrons. The molecule has 2 N–H and O–H groups in total. The fourth-order valence-corrected chi connectivity index (χ4v) is 14.6. The van der Waals surface area contributed by atoms with Gasteiger partial charge in [-0.15, -0.1) is 0 Å². The van der Waals surface area contributed by atoms with Crippen molar-refractivity contribution in [1.29, 1.82) is 0 Å². The van der Waals surface area contributed by atoms with Crippen LogP contribution in [0.1, 0.15) is 204 Å². The zero-order valence-electron chi connectivity index (χ0n) is 59.5. The molecule has 0 bridgehead atoms. The maximum atomic E-state index is 16.0. The second kappa shape index (κ2) is 25.2. The van der Waals surface area contributed by atoms with Crippen LogP contribution in [0.4, 0.5) is 8.78 Å². The molecular formula is C87H102F2O4. The van der Waals surface area contributed by atoms with E-state index in [2.05, 4.69) is 236 Å². The summed E-state index contributed by atoms with van der Waals surface area (Å²) in [4.78, 5) is 0. The highest BCUT2D eigenvalue weighted by atomic mass is 19.1. The van der Waals surface area contributed by atoms with Gasteiger partial charge >= 0.3 is 0 Å². The average Bonchev–Trinajstić information content (AvgIpc) is 0.740. The monoisotopic (exact) mass is 1250 g/mol. The average molecular weight is 1250 g/mol. The fraction of sp³-hybridized carbons (Fsp3) is 0.402. The number of ether oxygens (including phenoxy) is 2. The van der Waals surface area contributed by atoms with Gasteiger partial charge in [-0.3, -0.25) is 0 Å². The summed E-state index contributed by atoms with van der Waals surface area (Å²) in [6, 6.07) is 48.9. The van der Waals surface area contributed by atoms with E-state index in [1.165, 1.54) is 46.5 Å². The van der Waals surface area contributed by atoms with Gasteiger partial charge in [-0.1, -0.05) is 212 Å². The van der Waals surface area contributed by atoms with Crippen LogP contribution < -0.4 is 9.47 Å². The Morgan fingerprint density at radius 3 is 1.14 bits per heavy atom. The van der Waals surface area contributed by atoms with Crippen LogP contribution in [0.5, 0.6) is 23.0 Å². The predicted molar refractivity (Wildman–Crippen MR) is 392 cm³/mol. The van der Waals surface area contributed by atoms with Gasteiger partial charge in [-0.2, -0.15) is 0 Å². The number of phenolic OH excluding ortho intramolecular Hbond substituents is 2. The Morgan fingerprint density at radius 2 is 0.731 bits per heavy atom. The van der Waals surface area contributed by atoms with E-state index in [-0.39, 0.29) is 62.6 Å². The molecule has 0 fully saturated rings. The zero-order valence-corrected chi connectivity index (χ0v) is 59.5. The number of benzene rings is 10. The Kier molecular flexibility index (Phi) is 18.5. The van der Waals surface area contributed by atoms with Gasteiger partial charge in [-0.05, 0) is 219 Å². The number of aromatic hydroxyl groups is 2. The molecule has 10 aromatic carbocycles. The number of unbranched alkanes of at least 4 members (excludes halogenated alkanes) is 1. The van der Waals surface area contributed by atoms with Crippen LogP contribution in [0.25, 0.3) is 87.6 Å². The van der Waals surface area contributed by atoms with Crippen molar-refractivity contribution >= 4 is 43.1 Å². The van der Waals surface area contributed by atoms with Gasteiger partial charge in [0, 0.05) is 50.9 Å². The molecule has 488 valence electrons. The van der Waals surface area contributed by atoms with E-state index < -0.39 is 11.6 Å². The molecule has 6 heteroatoms. The molecule has 0 saturated heterocycles. The van der Waals surface area contributed by atoms with Crippen LogP contribution in [0.15, 0.2) is 146 Å². The summed E-state index contributed by atoms with van der Waals surface area (Å²) in [5.74, 6) is 0.0191. The largest absolute Gasteiger partial charge is 0.507 e. The van der Waals surface area contributed by atoms with E-state index in [4.69, 9.17) is 9.47 Å². The number of fused-ring (bicyclic) bond motifs is 4. The molecule has 10 aromatic rings. The van der Waals surface area contributed by atoms with Gasteiger partial charge in [0.1, 0.15) is 34.6 Å². The third-order valence-electron chi connectivity index (χ3n) is 18.9. The SMILES string of the molecule is CCCCc1ccc2cc3cc(C(C)(C)C)ccc3c(-c3cc(C(C)(C)CC(C)(C)C)cc(-c4cc(F)ccc4OCCCOc4ccc(F)cc4-c4cc(C(C)(C)CC(C)(C)C)cc(-c5c6ccc(C(C)(C)C)cc6cc6ccc(C(C)(C)C)cc56)c4O)c3O)c2c1. The smallest absolute Gasteiger partial charge is 0.131 e. The van der Waals surface area contributed by atoms with Crippen molar-refractivity contribution in [2.24, 2.45) is 10.8 Å². The summed E-state index contributed by atoms with van der Waals surface area (Å²) >= 11 is 0. The number of hydrogen-bond donors (Lipinski definition) is 2. The summed E-state index contributed by atoms with van der Waals surface area (Å²) in [6.07, 6.45) is 5.17. The number of phenols is 2. The van der Waals surface area contributed by atoms with Crippen LogP contribution in [-0.2, 0) is 33.5 Å². The summed E-state index contributed by atoms with van der Waals surface area (Å²) in [5, 5.41) is 34.8. The number of halogens is 2. The normalized spacial score (nSPS) is 13.1. The van der Waals surface area contributed by atoms with Gasteiger partial charge in [0.15, 0.2) is 0 Å². The zero-order chi connectivity index (χ0) is 67.7. The van der Waals surface area contributed by atoms with Crippen molar-refractivity contribution in [3.8, 4) is 67.5 Å². The first-order valence-corrected chi connectivity index (χ1v) is 33.9. The Balaban J connectivity index is 1.05. The Morgan fingerprint density at radius 1 is 0.344 bits per heavy atom. The van der Waals surface area contributed by atoms with Crippen molar-refractivity contribution in [2.75, 3.05) is 13.2 Å². The molecule has 10 rings (SSSR count). The molecule has 0 unspecified atom stereocenters. The molecule has 0 amide bonds. The molecule has 93 heavy (non-hydrogen) atoms. The lowest BCUT2D eigenvalue weighted by Gasteiger charge is -2.34. The Labute approximate surface area is 554 Å². The van der Waals surface area contributed by atoms with Crippen LogP contribution in [0.3, 0.4) is 0 Å². The van der Waals surface area contributed by atoms with E-state index >= 15 is 8.78 Å². The van der Waals surface area contributed by atoms with Gasteiger partial charge in [0.2, 0.25) is 0 Å². The van der Waals surface area contributed by atoms with E-state index in [0.29, 0.717) is 51.3 Å². The van der Waals surface area contributed by atoms with E-state index in [1.807, 2.05) is 12.1 Å². The highest BCUT2D eigenvalue weighted by Crippen LogP contribution is 2.53. The van der Waals surface area contributed by atoms with E-state index in [1.54, 1.807) is 12.1 Å². The van der Waals surface area contributed by atoms with Crippen molar-refractivity contribution in [1.82, 2.24) is 0 Å². The minimum atomic E-state index is -0.456. The summed E-state index contributed by atoms with van der Waals surface area (Å²) < 4.78 is 45.5. The standard InChI is InChI=1S/C87H102F2O4/c1-21-22-24-53-25-26-54-40-56-42-58(83(8,9)10)29-33-65(56)77(67(54)39-53)73-47-61(86(17,18)51-81(2,3)4)45-71(79(73)90)69-49-63(88)31-35-75(69)92-37-23-38-93-76-36-32-64(89)50-70(76)72-46-62(87(19,20)52-82(5,6)7)48-74(80(72)91)78-66-34-30-59(84(11,12)13)43-57(66)41-55-27-28-60(44-68(55)78)85(14,15)16/h25-36,39-50,90-91H,21-24,37-38,51-52H2,1-20H3. The van der Waals surface area contributed by atoms with Gasteiger partial charge < -0.3 is 19.7 Å². The molecule has 0 spiro atoms. The molecule has 4 nitrogen and oxygen atoms in total. The molecule has 0 atom stereocenters. The van der Waals surface area contributed by atoms with Crippen molar-refractivity contribution < 1.29 is 28.5 Å². The highest BCUT2D eigenvalue weighted by molar-refractivity contribution is 6.16. The van der Waals surface area contributed by atoms with Gasteiger partial charge in [0.05, 0.1) is 13.2 Å².